The van der Waals surface area contributed by atoms with Crippen molar-refractivity contribution in [2.75, 3.05) is 29.9 Å². The van der Waals surface area contributed by atoms with Gasteiger partial charge < -0.3 is 9.64 Å². The monoisotopic (exact) mass is 352 g/mol. The van der Waals surface area contributed by atoms with E-state index < -0.39 is 10.0 Å². The normalized spacial score (nSPS) is 13.9. The van der Waals surface area contributed by atoms with E-state index in [4.69, 9.17) is 4.74 Å². The maximum Gasteiger partial charge on any atom is 0.271 e. The second-order valence-electron chi connectivity index (χ2n) is 5.11. The first kappa shape index (κ1) is 16.0. The van der Waals surface area contributed by atoms with E-state index in [-0.39, 0.29) is 16.7 Å². The molecule has 0 saturated heterocycles. The van der Waals surface area contributed by atoms with Crippen LogP contribution in [0.25, 0.3) is 0 Å². The summed E-state index contributed by atoms with van der Waals surface area (Å²) in [6.07, 6.45) is 0.694. The first-order valence-corrected chi connectivity index (χ1v) is 9.36. The lowest BCUT2D eigenvalue weighted by atomic mass is 10.1. The van der Waals surface area contributed by atoms with E-state index in [1.54, 1.807) is 40.6 Å². The van der Waals surface area contributed by atoms with Crippen LogP contribution in [0.15, 0.2) is 39.9 Å². The number of methoxy groups -OCH3 is 1. The van der Waals surface area contributed by atoms with Crippen molar-refractivity contribution in [2.24, 2.45) is 0 Å². The molecule has 0 atom stereocenters. The quantitative estimate of drug-likeness (QED) is 0.894. The van der Waals surface area contributed by atoms with Crippen LogP contribution < -0.4 is 9.62 Å². The summed E-state index contributed by atoms with van der Waals surface area (Å²) in [5, 5.41) is 1.72. The number of carbonyl (C=O) groups is 1. The first-order chi connectivity index (χ1) is 11.0. The fourth-order valence-corrected chi connectivity index (χ4v) is 4.59. The molecule has 1 aliphatic heterocycles. The fraction of sp³-hybridized carbons (Fsp3) is 0.267. The predicted octanol–water partition coefficient (Wildman–Crippen LogP) is 2.08. The van der Waals surface area contributed by atoms with E-state index in [0.29, 0.717) is 18.7 Å². The minimum absolute atomic E-state index is 0.0339. The van der Waals surface area contributed by atoms with E-state index in [1.807, 2.05) is 0 Å². The third kappa shape index (κ3) is 3.24. The molecule has 0 saturated carbocycles. The zero-order valence-electron chi connectivity index (χ0n) is 12.5. The van der Waals surface area contributed by atoms with Crippen molar-refractivity contribution >= 4 is 38.6 Å². The second kappa shape index (κ2) is 6.31. The van der Waals surface area contributed by atoms with Gasteiger partial charge in [0.05, 0.1) is 0 Å². The molecular formula is C15H16N2O4S2. The Morgan fingerprint density at radius 2 is 2.22 bits per heavy atom. The summed E-state index contributed by atoms with van der Waals surface area (Å²) in [4.78, 5) is 13.6. The lowest BCUT2D eigenvalue weighted by molar-refractivity contribution is -0.122. The van der Waals surface area contributed by atoms with E-state index in [2.05, 4.69) is 4.72 Å². The summed E-state index contributed by atoms with van der Waals surface area (Å²) < 4.78 is 32.2. The Labute approximate surface area is 138 Å². The molecule has 0 radical (unpaired) electrons. The van der Waals surface area contributed by atoms with Gasteiger partial charge >= 0.3 is 0 Å². The molecule has 1 aromatic carbocycles. The Morgan fingerprint density at radius 1 is 1.39 bits per heavy atom. The molecule has 3 rings (SSSR count). The van der Waals surface area contributed by atoms with Gasteiger partial charge in [-0.25, -0.2) is 8.42 Å². The third-order valence-corrected chi connectivity index (χ3v) is 6.33. The minimum Gasteiger partial charge on any atom is -0.375 e. The molecule has 2 aromatic rings. The lowest BCUT2D eigenvalue weighted by Gasteiger charge is -2.17. The number of thiophene rings is 1. The molecule has 6 nitrogen and oxygen atoms in total. The maximum atomic E-state index is 12.2. The smallest absolute Gasteiger partial charge is 0.271 e. The van der Waals surface area contributed by atoms with Gasteiger partial charge in [0.25, 0.3) is 15.9 Å². The summed E-state index contributed by atoms with van der Waals surface area (Å²) in [6.45, 7) is 0.616. The molecule has 8 heteroatoms. The molecule has 23 heavy (non-hydrogen) atoms. The van der Waals surface area contributed by atoms with E-state index in [9.17, 15) is 13.2 Å². The highest BCUT2D eigenvalue weighted by molar-refractivity contribution is 7.94. The van der Waals surface area contributed by atoms with Gasteiger partial charge in [-0.3, -0.25) is 9.52 Å². The van der Waals surface area contributed by atoms with Crippen LogP contribution in [0.4, 0.5) is 11.4 Å². The summed E-state index contributed by atoms with van der Waals surface area (Å²) in [6, 6.07) is 8.47. The number of sulfonamides is 1. The molecule has 122 valence electrons. The highest BCUT2D eigenvalue weighted by Crippen LogP contribution is 2.31. The van der Waals surface area contributed by atoms with Crippen LogP contribution in [0, 0.1) is 0 Å². The number of fused-ring (bicyclic) bond motifs is 1. The van der Waals surface area contributed by atoms with E-state index >= 15 is 0 Å². The number of benzene rings is 1. The van der Waals surface area contributed by atoms with Crippen LogP contribution in [-0.2, 0) is 26.0 Å². The highest BCUT2D eigenvalue weighted by Gasteiger charge is 2.25. The van der Waals surface area contributed by atoms with Gasteiger partial charge in [-0.2, -0.15) is 0 Å². The summed E-state index contributed by atoms with van der Waals surface area (Å²) in [5.74, 6) is -0.0989. The van der Waals surface area contributed by atoms with Crippen LogP contribution in [0.2, 0.25) is 0 Å². The zero-order chi connectivity index (χ0) is 16.4. The first-order valence-electron chi connectivity index (χ1n) is 7.00. The molecular weight excluding hydrogens is 336 g/mol. The molecule has 1 aliphatic rings. The number of nitrogens with zero attached hydrogens (tertiary/aromatic N) is 1. The van der Waals surface area contributed by atoms with Crippen LogP contribution in [0.3, 0.4) is 0 Å². The van der Waals surface area contributed by atoms with Crippen LogP contribution in [0.5, 0.6) is 0 Å². The van der Waals surface area contributed by atoms with E-state index in [0.717, 1.165) is 11.3 Å². The van der Waals surface area contributed by atoms with Gasteiger partial charge in [0, 0.05) is 25.0 Å². The van der Waals surface area contributed by atoms with Crippen molar-refractivity contribution in [3.8, 4) is 0 Å². The van der Waals surface area contributed by atoms with Crippen LogP contribution >= 0.6 is 11.3 Å². The minimum atomic E-state index is -3.56. The van der Waals surface area contributed by atoms with Gasteiger partial charge in [-0.1, -0.05) is 6.07 Å². The van der Waals surface area contributed by atoms with Crippen molar-refractivity contribution in [3.05, 3.63) is 41.3 Å². The van der Waals surface area contributed by atoms with Crippen molar-refractivity contribution in [1.82, 2.24) is 0 Å². The number of anilines is 2. The molecule has 1 amide bonds. The molecule has 1 N–H and O–H groups in total. The molecule has 0 spiro atoms. The standard InChI is InChI=1S/C15H16N2O4S2/c1-21-10-14(18)17-7-6-11-9-12(4-5-13(11)17)16-23(19,20)15-3-2-8-22-15/h2-5,8-9,16H,6-7,10H2,1H3. The zero-order valence-corrected chi connectivity index (χ0v) is 14.1. The van der Waals surface area contributed by atoms with Crippen molar-refractivity contribution in [1.29, 1.82) is 0 Å². The number of rotatable bonds is 5. The SMILES string of the molecule is COCC(=O)N1CCc2cc(NS(=O)(=O)c3cccs3)ccc21. The highest BCUT2D eigenvalue weighted by atomic mass is 32.2. The van der Waals surface area contributed by atoms with Crippen LogP contribution in [0.1, 0.15) is 5.56 Å². The third-order valence-electron chi connectivity index (χ3n) is 3.56. The topological polar surface area (TPSA) is 75.7 Å². The number of amides is 1. The largest absolute Gasteiger partial charge is 0.375 e. The average Bonchev–Trinajstić information content (AvgIpc) is 3.16. The van der Waals surface area contributed by atoms with Gasteiger partial charge in [0.1, 0.15) is 10.8 Å². The fourth-order valence-electron chi connectivity index (χ4n) is 2.55. The van der Waals surface area contributed by atoms with Crippen LogP contribution in [-0.4, -0.2) is 34.6 Å². The number of ether oxygens (including phenoxy) is 1. The number of nitrogens with one attached hydrogen (secondary N) is 1. The van der Waals surface area contributed by atoms with Gasteiger partial charge in [0.2, 0.25) is 0 Å². The summed E-state index contributed by atoms with van der Waals surface area (Å²) in [5.41, 5.74) is 2.25. The maximum absolute atomic E-state index is 12.2. The number of carbonyl (C=O) groups excluding carboxylic acids is 1. The Bertz CT molecular complexity index is 816. The number of hydrogen-bond acceptors (Lipinski definition) is 5. The number of hydrogen-bond donors (Lipinski definition) is 1. The van der Waals surface area contributed by atoms with Gasteiger partial charge in [-0.15, -0.1) is 11.3 Å². The van der Waals surface area contributed by atoms with E-state index in [1.165, 1.54) is 18.4 Å². The predicted molar refractivity (Wildman–Crippen MR) is 89.5 cm³/mol. The Hall–Kier alpha value is -1.90. The molecule has 0 unspecified atom stereocenters. The molecule has 0 bridgehead atoms. The Morgan fingerprint density at radius 3 is 2.91 bits per heavy atom. The van der Waals surface area contributed by atoms with Crippen molar-refractivity contribution < 1.29 is 17.9 Å². The van der Waals surface area contributed by atoms with Crippen molar-refractivity contribution in [3.63, 3.8) is 0 Å². The average molecular weight is 352 g/mol. The second-order valence-corrected chi connectivity index (χ2v) is 7.97. The molecule has 0 aliphatic carbocycles. The molecule has 1 aromatic heterocycles. The Balaban J connectivity index is 1.82. The lowest BCUT2D eigenvalue weighted by Crippen LogP contribution is -2.31. The molecule has 2 heterocycles. The van der Waals surface area contributed by atoms with Gasteiger partial charge in [-0.05, 0) is 41.6 Å². The summed E-state index contributed by atoms with van der Waals surface area (Å²) >= 11 is 1.17. The molecule has 0 fully saturated rings. The van der Waals surface area contributed by atoms with Gasteiger partial charge in [0.15, 0.2) is 0 Å². The summed E-state index contributed by atoms with van der Waals surface area (Å²) in [7, 11) is -2.07. The van der Waals surface area contributed by atoms with Crippen molar-refractivity contribution in [2.45, 2.75) is 10.6 Å². The Kier molecular flexibility index (Phi) is 4.38.